The number of amides is 1. The van der Waals surface area contributed by atoms with E-state index in [1.54, 1.807) is 24.3 Å². The van der Waals surface area contributed by atoms with E-state index in [1.165, 1.54) is 31.4 Å². The van der Waals surface area contributed by atoms with Gasteiger partial charge in [-0.1, -0.05) is 60.7 Å². The highest BCUT2D eigenvalue weighted by Gasteiger charge is 2.29. The normalized spacial score (nSPS) is 11.9. The van der Waals surface area contributed by atoms with Crippen molar-refractivity contribution in [3.05, 3.63) is 96.1 Å². The minimum absolute atomic E-state index is 0.0495. The van der Waals surface area contributed by atoms with E-state index in [1.807, 2.05) is 36.4 Å². The third-order valence-corrected chi connectivity index (χ3v) is 6.39. The summed E-state index contributed by atoms with van der Waals surface area (Å²) in [7, 11) is -2.64. The molecule has 1 amide bonds. The van der Waals surface area contributed by atoms with Gasteiger partial charge in [-0.05, 0) is 35.4 Å². The summed E-state index contributed by atoms with van der Waals surface area (Å²) in [5.41, 5.74) is 1.61. The summed E-state index contributed by atoms with van der Waals surface area (Å²) < 4.78 is 38.4. The Balaban J connectivity index is 1.71. The Hall–Kier alpha value is -3.69. The molecule has 0 aromatic heterocycles. The van der Waals surface area contributed by atoms with Crippen molar-refractivity contribution in [3.8, 4) is 5.75 Å². The number of carbonyl (C=O) groups excluding carboxylic acids is 2. The maximum Gasteiger partial charge on any atom is 0.325 e. The van der Waals surface area contributed by atoms with E-state index < -0.39 is 34.4 Å². The lowest BCUT2D eigenvalue weighted by Gasteiger charge is -2.18. The number of hydrogen-bond donors (Lipinski definition) is 2. The van der Waals surface area contributed by atoms with Gasteiger partial charge in [0.25, 0.3) is 0 Å². The lowest BCUT2D eigenvalue weighted by Crippen LogP contribution is -2.44. The topological polar surface area (TPSA) is 111 Å². The lowest BCUT2D eigenvalue weighted by molar-refractivity contribution is -0.148. The van der Waals surface area contributed by atoms with Gasteiger partial charge >= 0.3 is 5.97 Å². The van der Waals surface area contributed by atoms with E-state index >= 15 is 0 Å². The number of ether oxygens (including phenoxy) is 2. The third-order valence-electron chi connectivity index (χ3n) is 4.90. The number of hydrogen-bond acceptors (Lipinski definition) is 6. The van der Waals surface area contributed by atoms with Gasteiger partial charge in [-0.15, -0.1) is 0 Å². The summed E-state index contributed by atoms with van der Waals surface area (Å²) in [6.07, 6.45) is -0.421. The highest BCUT2D eigenvalue weighted by molar-refractivity contribution is 7.89. The molecule has 2 N–H and O–H groups in total. The molecule has 0 saturated carbocycles. The number of methoxy groups -OCH3 is 1. The average molecular weight is 483 g/mol. The predicted octanol–water partition coefficient (Wildman–Crippen LogP) is 2.79. The zero-order valence-electron chi connectivity index (χ0n) is 18.6. The quantitative estimate of drug-likeness (QED) is 0.407. The van der Waals surface area contributed by atoms with Crippen LogP contribution in [-0.2, 0) is 37.5 Å². The molecule has 0 aliphatic rings. The molecule has 8 nitrogen and oxygen atoms in total. The molecule has 9 heteroatoms. The van der Waals surface area contributed by atoms with Crippen LogP contribution in [0.15, 0.2) is 89.8 Å². The second-order valence-corrected chi connectivity index (χ2v) is 9.12. The highest BCUT2D eigenvalue weighted by atomic mass is 32.2. The molecule has 0 fully saturated rings. The number of rotatable bonds is 11. The summed E-state index contributed by atoms with van der Waals surface area (Å²) in [4.78, 5) is 25.3. The third kappa shape index (κ3) is 7.43. The van der Waals surface area contributed by atoms with Gasteiger partial charge in [-0.3, -0.25) is 9.59 Å². The van der Waals surface area contributed by atoms with Crippen LogP contribution >= 0.6 is 0 Å². The molecule has 0 radical (unpaired) electrons. The van der Waals surface area contributed by atoms with Crippen LogP contribution in [0.25, 0.3) is 0 Å². The number of nitrogens with one attached hydrogen (secondary N) is 2. The van der Waals surface area contributed by atoms with Gasteiger partial charge in [-0.25, -0.2) is 8.42 Å². The van der Waals surface area contributed by atoms with Crippen LogP contribution in [0.1, 0.15) is 17.5 Å². The summed E-state index contributed by atoms with van der Waals surface area (Å²) in [5.74, 6) is -0.864. The SMILES string of the molecule is COc1ccc(S(=O)(=O)NC(CC(=O)NCc2ccccc2)C(=O)OCc2ccccc2)cc1. The molecule has 0 aliphatic heterocycles. The minimum Gasteiger partial charge on any atom is -0.497 e. The van der Waals surface area contributed by atoms with E-state index in [0.717, 1.165) is 11.1 Å². The Morgan fingerprint density at radius 2 is 1.44 bits per heavy atom. The maximum absolute atomic E-state index is 12.9. The van der Waals surface area contributed by atoms with Crippen molar-refractivity contribution in [2.75, 3.05) is 7.11 Å². The van der Waals surface area contributed by atoms with Crippen LogP contribution in [0, 0.1) is 0 Å². The average Bonchev–Trinajstić information content (AvgIpc) is 2.87. The predicted molar refractivity (Wildman–Crippen MR) is 126 cm³/mol. The van der Waals surface area contributed by atoms with Crippen LogP contribution in [0.3, 0.4) is 0 Å². The molecule has 34 heavy (non-hydrogen) atoms. The molecule has 1 atom stereocenters. The van der Waals surface area contributed by atoms with Crippen LogP contribution in [0.5, 0.6) is 5.75 Å². The monoisotopic (exact) mass is 482 g/mol. The van der Waals surface area contributed by atoms with E-state index in [2.05, 4.69) is 10.0 Å². The molecule has 3 aromatic rings. The Labute approximate surface area is 199 Å². The standard InChI is InChI=1S/C25H26N2O6S/c1-32-21-12-14-22(15-13-21)34(30,31)27-23(25(29)33-18-20-10-6-3-7-11-20)16-24(28)26-17-19-8-4-2-5-9-19/h2-15,23,27H,16-18H2,1H3,(H,26,28). The van der Waals surface area contributed by atoms with Gasteiger partial charge in [0, 0.05) is 6.54 Å². The fraction of sp³-hybridized carbons (Fsp3) is 0.200. The zero-order chi connectivity index (χ0) is 24.4. The molecule has 178 valence electrons. The van der Waals surface area contributed by atoms with Crippen molar-refractivity contribution in [2.45, 2.75) is 30.5 Å². The summed E-state index contributed by atoms with van der Waals surface area (Å²) in [6, 6.07) is 22.5. The van der Waals surface area contributed by atoms with Gasteiger partial charge in [-0.2, -0.15) is 4.72 Å². The van der Waals surface area contributed by atoms with Crippen LogP contribution in [0.2, 0.25) is 0 Å². The minimum atomic E-state index is -4.11. The van der Waals surface area contributed by atoms with Gasteiger partial charge < -0.3 is 14.8 Å². The molecule has 0 saturated heterocycles. The Morgan fingerprint density at radius 1 is 0.853 bits per heavy atom. The first-order valence-corrected chi connectivity index (χ1v) is 12.0. The fourth-order valence-electron chi connectivity index (χ4n) is 3.07. The van der Waals surface area contributed by atoms with Crippen molar-refractivity contribution in [1.82, 2.24) is 10.0 Å². The van der Waals surface area contributed by atoms with Crippen molar-refractivity contribution in [3.63, 3.8) is 0 Å². The van der Waals surface area contributed by atoms with Gasteiger partial charge in [0.2, 0.25) is 15.9 Å². The van der Waals surface area contributed by atoms with Gasteiger partial charge in [0.1, 0.15) is 18.4 Å². The molecule has 0 aliphatic carbocycles. The van der Waals surface area contributed by atoms with Crippen LogP contribution in [0.4, 0.5) is 0 Å². The van der Waals surface area contributed by atoms with Gasteiger partial charge in [0.05, 0.1) is 18.4 Å². The second kappa shape index (κ2) is 12.0. The Kier molecular flexibility index (Phi) is 8.78. The van der Waals surface area contributed by atoms with E-state index in [0.29, 0.717) is 5.75 Å². The zero-order valence-corrected chi connectivity index (χ0v) is 19.5. The smallest absolute Gasteiger partial charge is 0.325 e. The molecule has 3 aromatic carbocycles. The number of carbonyl (C=O) groups is 2. The number of esters is 1. The lowest BCUT2D eigenvalue weighted by atomic mass is 10.2. The summed E-state index contributed by atoms with van der Waals surface area (Å²) >= 11 is 0. The van der Waals surface area contributed by atoms with E-state index in [4.69, 9.17) is 9.47 Å². The molecule has 0 heterocycles. The molecule has 0 bridgehead atoms. The van der Waals surface area contributed by atoms with E-state index in [9.17, 15) is 18.0 Å². The highest BCUT2D eigenvalue weighted by Crippen LogP contribution is 2.16. The van der Waals surface area contributed by atoms with Crippen molar-refractivity contribution in [2.24, 2.45) is 0 Å². The Morgan fingerprint density at radius 3 is 2.03 bits per heavy atom. The van der Waals surface area contributed by atoms with Crippen LogP contribution in [-0.4, -0.2) is 33.4 Å². The maximum atomic E-state index is 12.9. The summed E-state index contributed by atoms with van der Waals surface area (Å²) in [5, 5.41) is 2.70. The van der Waals surface area contributed by atoms with Crippen molar-refractivity contribution in [1.29, 1.82) is 0 Å². The first-order valence-electron chi connectivity index (χ1n) is 10.5. The molecule has 0 spiro atoms. The van der Waals surface area contributed by atoms with Crippen molar-refractivity contribution >= 4 is 21.9 Å². The van der Waals surface area contributed by atoms with Gasteiger partial charge in [0.15, 0.2) is 0 Å². The first kappa shape index (κ1) is 24.9. The van der Waals surface area contributed by atoms with Crippen molar-refractivity contribution < 1.29 is 27.5 Å². The molecular formula is C25H26N2O6S. The summed E-state index contributed by atoms with van der Waals surface area (Å²) in [6.45, 7) is 0.197. The fourth-order valence-corrected chi connectivity index (χ4v) is 4.25. The molecule has 1 unspecified atom stereocenters. The second-order valence-electron chi connectivity index (χ2n) is 7.41. The Bertz CT molecular complexity index is 1180. The number of sulfonamides is 1. The number of benzene rings is 3. The van der Waals surface area contributed by atoms with E-state index in [-0.39, 0.29) is 18.0 Å². The first-order chi connectivity index (χ1) is 16.4. The molecule has 3 rings (SSSR count). The molecular weight excluding hydrogens is 456 g/mol. The van der Waals surface area contributed by atoms with Crippen LogP contribution < -0.4 is 14.8 Å². The largest absolute Gasteiger partial charge is 0.497 e.